The van der Waals surface area contributed by atoms with Crippen LogP contribution < -0.4 is 11.1 Å². The topological polar surface area (TPSA) is 90.6 Å². The van der Waals surface area contributed by atoms with E-state index in [0.717, 1.165) is 25.8 Å². The Labute approximate surface area is 116 Å². The first-order valence-electron chi connectivity index (χ1n) is 6.42. The average Bonchev–Trinajstić information content (AvgIpc) is 2.26. The van der Waals surface area contributed by atoms with Gasteiger partial charge in [0.1, 0.15) is 5.60 Å². The lowest BCUT2D eigenvalue weighted by Gasteiger charge is -2.16. The highest BCUT2D eigenvalue weighted by atomic mass is 16.6. The van der Waals surface area contributed by atoms with Crippen LogP contribution in [0.4, 0.5) is 4.79 Å². The Kier molecular flexibility index (Phi) is 12.4. The van der Waals surface area contributed by atoms with Crippen molar-refractivity contribution in [2.75, 3.05) is 20.7 Å². The maximum absolute atomic E-state index is 10.6. The lowest BCUT2D eigenvalue weighted by molar-refractivity contribution is -0.140. The number of hydrogen-bond donors (Lipinski definition) is 2. The normalized spacial score (nSPS) is 10.2. The molecule has 0 atom stereocenters. The number of carbonyl (C=O) groups is 2. The van der Waals surface area contributed by atoms with Crippen molar-refractivity contribution in [3.63, 3.8) is 0 Å². The highest BCUT2D eigenvalue weighted by Crippen LogP contribution is 2.04. The van der Waals surface area contributed by atoms with Crippen LogP contribution in [-0.2, 0) is 14.3 Å². The third-order valence-electron chi connectivity index (χ3n) is 1.94. The van der Waals surface area contributed by atoms with Crippen molar-refractivity contribution < 1.29 is 19.1 Å². The van der Waals surface area contributed by atoms with Gasteiger partial charge in [0.25, 0.3) is 0 Å². The van der Waals surface area contributed by atoms with Crippen molar-refractivity contribution in [3.05, 3.63) is 0 Å². The summed E-state index contributed by atoms with van der Waals surface area (Å²) < 4.78 is 9.08. The first kappa shape index (κ1) is 20.0. The van der Waals surface area contributed by atoms with E-state index in [-0.39, 0.29) is 5.97 Å². The van der Waals surface area contributed by atoms with Gasteiger partial charge in [-0.3, -0.25) is 4.79 Å². The largest absolute Gasteiger partial charge is 0.469 e. The number of primary amides is 1. The van der Waals surface area contributed by atoms with Gasteiger partial charge in [0.15, 0.2) is 0 Å². The van der Waals surface area contributed by atoms with Crippen LogP contribution in [0.15, 0.2) is 0 Å². The van der Waals surface area contributed by atoms with Crippen molar-refractivity contribution in [2.45, 2.75) is 52.1 Å². The van der Waals surface area contributed by atoms with E-state index in [0.29, 0.717) is 6.42 Å². The molecule has 0 spiro atoms. The number of nitrogens with one attached hydrogen (secondary N) is 1. The molecule has 0 heterocycles. The van der Waals surface area contributed by atoms with Crippen LogP contribution in [0.25, 0.3) is 0 Å². The van der Waals surface area contributed by atoms with Gasteiger partial charge in [0.05, 0.1) is 7.11 Å². The molecule has 0 aromatic heterocycles. The molecule has 0 radical (unpaired) electrons. The van der Waals surface area contributed by atoms with Crippen molar-refractivity contribution in [2.24, 2.45) is 5.73 Å². The molecule has 1 amide bonds. The summed E-state index contributed by atoms with van der Waals surface area (Å²) in [5.74, 6) is -0.102. The first-order chi connectivity index (χ1) is 8.72. The van der Waals surface area contributed by atoms with Crippen LogP contribution in [0.1, 0.15) is 46.5 Å². The second-order valence-electron chi connectivity index (χ2n) is 5.02. The number of ether oxygens (including phenoxy) is 2. The van der Waals surface area contributed by atoms with E-state index in [9.17, 15) is 9.59 Å². The van der Waals surface area contributed by atoms with Gasteiger partial charge < -0.3 is 20.5 Å². The van der Waals surface area contributed by atoms with Gasteiger partial charge in [0.2, 0.25) is 0 Å². The molecular formula is C13H28N2O4. The summed E-state index contributed by atoms with van der Waals surface area (Å²) in [6, 6.07) is 0. The molecule has 0 aliphatic heterocycles. The smallest absolute Gasteiger partial charge is 0.405 e. The highest BCUT2D eigenvalue weighted by Gasteiger charge is 2.12. The Morgan fingerprint density at radius 3 is 2.05 bits per heavy atom. The predicted molar refractivity (Wildman–Crippen MR) is 74.8 cm³/mol. The third-order valence-corrected chi connectivity index (χ3v) is 1.94. The van der Waals surface area contributed by atoms with Gasteiger partial charge in [-0.15, -0.1) is 0 Å². The van der Waals surface area contributed by atoms with E-state index in [2.05, 4.69) is 14.8 Å². The number of methoxy groups -OCH3 is 1. The zero-order valence-electron chi connectivity index (χ0n) is 12.7. The minimum atomic E-state index is -0.725. The molecule has 6 nitrogen and oxygen atoms in total. The Morgan fingerprint density at radius 2 is 1.74 bits per heavy atom. The van der Waals surface area contributed by atoms with E-state index in [4.69, 9.17) is 5.73 Å². The molecule has 0 unspecified atom stereocenters. The maximum Gasteiger partial charge on any atom is 0.405 e. The number of rotatable bonds is 6. The first-order valence-corrected chi connectivity index (χ1v) is 6.42. The number of nitrogens with two attached hydrogens (primary N) is 1. The Hall–Kier alpha value is -1.30. The fourth-order valence-corrected chi connectivity index (χ4v) is 1.15. The zero-order chi connectivity index (χ0) is 15.3. The molecule has 0 aliphatic rings. The standard InChI is InChI=1S/C8H17NO2.C5H11NO2/c1-9-7-5-3-4-6-8(10)11-2;1-5(2,3)8-4(6)7/h9H,3-7H2,1-2H3;1-3H3,(H2,6,7). The van der Waals surface area contributed by atoms with Crippen molar-refractivity contribution in [3.8, 4) is 0 Å². The van der Waals surface area contributed by atoms with Crippen LogP contribution in [-0.4, -0.2) is 38.4 Å². The number of amides is 1. The summed E-state index contributed by atoms with van der Waals surface area (Å²) in [6.07, 6.45) is 3.00. The lowest BCUT2D eigenvalue weighted by Crippen LogP contribution is -2.27. The van der Waals surface area contributed by atoms with Crippen LogP contribution in [0.3, 0.4) is 0 Å². The summed E-state index contributed by atoms with van der Waals surface area (Å²) in [7, 11) is 3.36. The lowest BCUT2D eigenvalue weighted by atomic mass is 10.2. The monoisotopic (exact) mass is 276 g/mol. The van der Waals surface area contributed by atoms with Gasteiger partial charge in [-0.25, -0.2) is 4.79 Å². The minimum absolute atomic E-state index is 0.102. The average molecular weight is 276 g/mol. The van der Waals surface area contributed by atoms with E-state index < -0.39 is 11.7 Å². The molecule has 0 aliphatic carbocycles. The number of unbranched alkanes of at least 4 members (excludes halogenated alkanes) is 2. The van der Waals surface area contributed by atoms with Gasteiger partial charge in [-0.05, 0) is 47.2 Å². The molecule has 0 fully saturated rings. The van der Waals surface area contributed by atoms with E-state index in [1.54, 1.807) is 20.8 Å². The minimum Gasteiger partial charge on any atom is -0.469 e. The maximum atomic E-state index is 10.6. The molecule has 0 aromatic rings. The van der Waals surface area contributed by atoms with E-state index in [1.807, 2.05) is 7.05 Å². The quantitative estimate of drug-likeness (QED) is 0.570. The Balaban J connectivity index is 0. The van der Waals surface area contributed by atoms with Crippen LogP contribution >= 0.6 is 0 Å². The highest BCUT2D eigenvalue weighted by molar-refractivity contribution is 5.68. The molecular weight excluding hydrogens is 248 g/mol. The number of carbonyl (C=O) groups excluding carboxylic acids is 2. The second-order valence-corrected chi connectivity index (χ2v) is 5.02. The number of esters is 1. The van der Waals surface area contributed by atoms with E-state index in [1.165, 1.54) is 7.11 Å². The van der Waals surface area contributed by atoms with Crippen molar-refractivity contribution in [1.82, 2.24) is 5.32 Å². The number of hydrogen-bond acceptors (Lipinski definition) is 5. The molecule has 19 heavy (non-hydrogen) atoms. The zero-order valence-corrected chi connectivity index (χ0v) is 12.7. The van der Waals surface area contributed by atoms with E-state index >= 15 is 0 Å². The fourth-order valence-electron chi connectivity index (χ4n) is 1.15. The Morgan fingerprint density at radius 1 is 1.16 bits per heavy atom. The summed E-state index contributed by atoms with van der Waals surface area (Å²) >= 11 is 0. The molecule has 0 saturated carbocycles. The summed E-state index contributed by atoms with van der Waals surface area (Å²) in [5, 5.41) is 3.05. The molecule has 3 N–H and O–H groups in total. The van der Waals surface area contributed by atoms with Gasteiger partial charge in [-0.2, -0.15) is 0 Å². The van der Waals surface area contributed by atoms with Crippen LogP contribution in [0.2, 0.25) is 0 Å². The van der Waals surface area contributed by atoms with Gasteiger partial charge in [-0.1, -0.05) is 6.42 Å². The van der Waals surface area contributed by atoms with Crippen LogP contribution in [0, 0.1) is 0 Å². The molecule has 6 heteroatoms. The second kappa shape index (κ2) is 11.8. The molecule has 0 saturated heterocycles. The summed E-state index contributed by atoms with van der Waals surface area (Å²) in [5.41, 5.74) is 4.26. The summed E-state index contributed by atoms with van der Waals surface area (Å²) in [6.45, 7) is 6.31. The SMILES string of the molecule is CC(C)(C)OC(N)=O.CNCCCCCC(=O)OC. The van der Waals surface area contributed by atoms with Crippen molar-refractivity contribution in [1.29, 1.82) is 0 Å². The summed E-state index contributed by atoms with van der Waals surface area (Å²) in [4.78, 5) is 20.6. The molecule has 114 valence electrons. The molecule has 0 bridgehead atoms. The molecule has 0 aromatic carbocycles. The van der Waals surface area contributed by atoms with Crippen LogP contribution in [0.5, 0.6) is 0 Å². The molecule has 0 rings (SSSR count). The fraction of sp³-hybridized carbons (Fsp3) is 0.846. The van der Waals surface area contributed by atoms with Gasteiger partial charge in [0, 0.05) is 6.42 Å². The Bertz CT molecular complexity index is 250. The predicted octanol–water partition coefficient (Wildman–Crippen LogP) is 1.82. The van der Waals surface area contributed by atoms with Gasteiger partial charge >= 0.3 is 12.1 Å². The van der Waals surface area contributed by atoms with Crippen molar-refractivity contribution >= 4 is 12.1 Å². The third kappa shape index (κ3) is 22.4.